The van der Waals surface area contributed by atoms with Gasteiger partial charge in [0.1, 0.15) is 18.0 Å². The maximum absolute atomic E-state index is 12.4. The molecule has 0 radical (unpaired) electrons. The molecule has 0 aliphatic carbocycles. The number of hydrogen-bond donors (Lipinski definition) is 1. The first-order valence-electron chi connectivity index (χ1n) is 8.77. The minimum absolute atomic E-state index is 0.351. The smallest absolute Gasteiger partial charge is 0.245 e. The van der Waals surface area contributed by atoms with Crippen LogP contribution in [0.2, 0.25) is 10.0 Å². The van der Waals surface area contributed by atoms with Crippen LogP contribution in [0, 0.1) is 0 Å². The van der Waals surface area contributed by atoms with Gasteiger partial charge in [-0.1, -0.05) is 23.2 Å². The number of hydrogen-bond acceptors (Lipinski definition) is 4. The normalized spacial score (nSPS) is 11.0. The third-order valence-corrected chi connectivity index (χ3v) is 5.63. The monoisotopic (exact) mass is 464 g/mol. The third-order valence-electron chi connectivity index (χ3n) is 3.99. The summed E-state index contributed by atoms with van der Waals surface area (Å²) in [7, 11) is -3.66. The Bertz CT molecular complexity index is 1120. The quantitative estimate of drug-likeness (QED) is 0.521. The predicted molar refractivity (Wildman–Crippen MR) is 120 cm³/mol. The molecule has 0 aliphatic rings. The van der Waals surface area contributed by atoms with Crippen molar-refractivity contribution >= 4 is 50.5 Å². The van der Waals surface area contributed by atoms with Crippen molar-refractivity contribution in [3.8, 4) is 11.5 Å². The second-order valence-corrected chi connectivity index (χ2v) is 9.15. The van der Waals surface area contributed by atoms with Gasteiger partial charge in [0.05, 0.1) is 11.9 Å². The fraction of sp³-hybridized carbons (Fsp3) is 0.0952. The van der Waals surface area contributed by atoms with Gasteiger partial charge in [0.2, 0.25) is 15.9 Å². The van der Waals surface area contributed by atoms with E-state index in [1.807, 2.05) is 0 Å². The third kappa shape index (κ3) is 6.13. The van der Waals surface area contributed by atoms with Crippen LogP contribution >= 0.6 is 23.2 Å². The Morgan fingerprint density at radius 1 is 0.867 bits per heavy atom. The fourth-order valence-corrected chi connectivity index (χ4v) is 3.69. The van der Waals surface area contributed by atoms with Crippen molar-refractivity contribution in [1.29, 1.82) is 0 Å². The predicted octanol–water partition coefficient (Wildman–Crippen LogP) is 5.19. The summed E-state index contributed by atoms with van der Waals surface area (Å²) >= 11 is 11.7. The van der Waals surface area contributed by atoms with Crippen LogP contribution in [0.1, 0.15) is 0 Å². The van der Waals surface area contributed by atoms with Gasteiger partial charge < -0.3 is 10.1 Å². The SMILES string of the molecule is CS(=O)(=O)N(CC(=O)Nc1ccc(Oc2ccc(Cl)cc2)cc1)c1ccc(Cl)cc1. The lowest BCUT2D eigenvalue weighted by Gasteiger charge is -2.22. The summed E-state index contributed by atoms with van der Waals surface area (Å²) in [6.45, 7) is -0.372. The van der Waals surface area contributed by atoms with Crippen LogP contribution in [0.5, 0.6) is 11.5 Å². The van der Waals surface area contributed by atoms with Crippen molar-refractivity contribution in [3.05, 3.63) is 82.8 Å². The van der Waals surface area contributed by atoms with E-state index in [4.69, 9.17) is 27.9 Å². The number of carbonyl (C=O) groups excluding carboxylic acids is 1. The topological polar surface area (TPSA) is 75.7 Å². The van der Waals surface area contributed by atoms with Crippen molar-refractivity contribution in [3.63, 3.8) is 0 Å². The van der Waals surface area contributed by atoms with Crippen LogP contribution in [-0.4, -0.2) is 27.1 Å². The second-order valence-electron chi connectivity index (χ2n) is 6.37. The molecule has 3 aromatic rings. The number of ether oxygens (including phenoxy) is 1. The van der Waals surface area contributed by atoms with E-state index in [0.29, 0.717) is 32.9 Å². The first-order valence-corrected chi connectivity index (χ1v) is 11.4. The van der Waals surface area contributed by atoms with E-state index in [-0.39, 0.29) is 6.54 Å². The van der Waals surface area contributed by atoms with Gasteiger partial charge in [-0.15, -0.1) is 0 Å². The first-order chi connectivity index (χ1) is 14.2. The highest BCUT2D eigenvalue weighted by Gasteiger charge is 2.21. The summed E-state index contributed by atoms with van der Waals surface area (Å²) in [4.78, 5) is 12.4. The van der Waals surface area contributed by atoms with Gasteiger partial charge in [-0.05, 0) is 72.8 Å². The van der Waals surface area contributed by atoms with E-state index in [9.17, 15) is 13.2 Å². The number of halogens is 2. The number of carbonyl (C=O) groups is 1. The number of sulfonamides is 1. The van der Waals surface area contributed by atoms with Crippen LogP contribution < -0.4 is 14.4 Å². The molecule has 0 aromatic heterocycles. The van der Waals surface area contributed by atoms with E-state index in [1.54, 1.807) is 72.8 Å². The second kappa shape index (κ2) is 9.38. The van der Waals surface area contributed by atoms with E-state index in [1.165, 1.54) is 0 Å². The van der Waals surface area contributed by atoms with Gasteiger partial charge in [0.25, 0.3) is 0 Å². The van der Waals surface area contributed by atoms with Crippen molar-refractivity contribution in [1.82, 2.24) is 0 Å². The fourth-order valence-electron chi connectivity index (χ4n) is 2.58. The molecule has 0 saturated carbocycles. The van der Waals surface area contributed by atoms with Crippen LogP contribution in [-0.2, 0) is 14.8 Å². The summed E-state index contributed by atoms with van der Waals surface area (Å²) in [6.07, 6.45) is 1.04. The van der Waals surface area contributed by atoms with Gasteiger partial charge in [-0.25, -0.2) is 8.42 Å². The van der Waals surface area contributed by atoms with Gasteiger partial charge in [0, 0.05) is 15.7 Å². The highest BCUT2D eigenvalue weighted by atomic mass is 35.5. The highest BCUT2D eigenvalue weighted by molar-refractivity contribution is 7.92. The number of nitrogens with zero attached hydrogens (tertiary/aromatic N) is 1. The van der Waals surface area contributed by atoms with Crippen LogP contribution in [0.3, 0.4) is 0 Å². The zero-order valence-electron chi connectivity index (χ0n) is 15.9. The molecule has 0 aliphatic heterocycles. The molecule has 0 saturated heterocycles. The molecule has 0 spiro atoms. The molecule has 156 valence electrons. The molecule has 6 nitrogen and oxygen atoms in total. The number of benzene rings is 3. The Morgan fingerprint density at radius 3 is 1.83 bits per heavy atom. The Kier molecular flexibility index (Phi) is 6.87. The van der Waals surface area contributed by atoms with Gasteiger partial charge in [-0.2, -0.15) is 0 Å². The summed E-state index contributed by atoms with van der Waals surface area (Å²) in [5, 5.41) is 3.76. The molecular weight excluding hydrogens is 447 g/mol. The standard InChI is InChI=1S/C21H18Cl2N2O4S/c1-30(27,28)25(18-8-2-15(22)3-9-18)14-21(26)24-17-6-12-20(13-7-17)29-19-10-4-16(23)5-11-19/h2-13H,14H2,1H3,(H,24,26). The van der Waals surface area contributed by atoms with Crippen molar-refractivity contribution < 1.29 is 17.9 Å². The lowest BCUT2D eigenvalue weighted by atomic mass is 10.3. The molecule has 0 fully saturated rings. The van der Waals surface area contributed by atoms with Crippen LogP contribution in [0.4, 0.5) is 11.4 Å². The molecule has 3 aromatic carbocycles. The average molecular weight is 465 g/mol. The number of amides is 1. The molecule has 9 heteroatoms. The molecule has 1 amide bonds. The van der Waals surface area contributed by atoms with E-state index >= 15 is 0 Å². The van der Waals surface area contributed by atoms with Crippen LogP contribution in [0.15, 0.2) is 72.8 Å². The van der Waals surface area contributed by atoms with Gasteiger partial charge >= 0.3 is 0 Å². The molecule has 0 unspecified atom stereocenters. The maximum atomic E-state index is 12.4. The number of nitrogens with one attached hydrogen (secondary N) is 1. The zero-order chi connectivity index (χ0) is 21.7. The minimum Gasteiger partial charge on any atom is -0.457 e. The first kappa shape index (κ1) is 22.0. The average Bonchev–Trinajstić information content (AvgIpc) is 2.69. The van der Waals surface area contributed by atoms with Gasteiger partial charge in [0.15, 0.2) is 0 Å². The zero-order valence-corrected chi connectivity index (χ0v) is 18.2. The Labute approximate surface area is 185 Å². The number of anilines is 2. The molecule has 0 atom stereocenters. The van der Waals surface area contributed by atoms with Gasteiger partial charge in [-0.3, -0.25) is 9.10 Å². The maximum Gasteiger partial charge on any atom is 0.245 e. The molecule has 0 heterocycles. The number of rotatable bonds is 7. The van der Waals surface area contributed by atoms with E-state index in [2.05, 4.69) is 5.32 Å². The highest BCUT2D eigenvalue weighted by Crippen LogP contribution is 2.25. The minimum atomic E-state index is -3.66. The molecule has 3 rings (SSSR count). The van der Waals surface area contributed by atoms with Crippen molar-refractivity contribution in [2.24, 2.45) is 0 Å². The summed E-state index contributed by atoms with van der Waals surface area (Å²) < 4.78 is 31.0. The van der Waals surface area contributed by atoms with Crippen molar-refractivity contribution in [2.75, 3.05) is 22.4 Å². The molecular formula is C21H18Cl2N2O4S. The molecule has 0 bridgehead atoms. The lowest BCUT2D eigenvalue weighted by Crippen LogP contribution is -2.37. The summed E-state index contributed by atoms with van der Waals surface area (Å²) in [6, 6.07) is 19.8. The summed E-state index contributed by atoms with van der Waals surface area (Å²) in [5.41, 5.74) is 0.858. The van der Waals surface area contributed by atoms with Crippen LogP contribution in [0.25, 0.3) is 0 Å². The Hall–Kier alpha value is -2.74. The Balaban J connectivity index is 1.65. The lowest BCUT2D eigenvalue weighted by molar-refractivity contribution is -0.114. The Morgan fingerprint density at radius 2 is 1.33 bits per heavy atom. The largest absolute Gasteiger partial charge is 0.457 e. The van der Waals surface area contributed by atoms with E-state index in [0.717, 1.165) is 10.6 Å². The van der Waals surface area contributed by atoms with Crippen molar-refractivity contribution in [2.45, 2.75) is 0 Å². The summed E-state index contributed by atoms with van der Waals surface area (Å²) in [5.74, 6) is 0.721. The van der Waals surface area contributed by atoms with E-state index < -0.39 is 15.9 Å². The molecule has 1 N–H and O–H groups in total. The molecule has 30 heavy (non-hydrogen) atoms.